The van der Waals surface area contributed by atoms with Crippen LogP contribution in [0.1, 0.15) is 37.8 Å². The van der Waals surface area contributed by atoms with E-state index >= 15 is 0 Å². The van der Waals surface area contributed by atoms with Crippen molar-refractivity contribution in [2.45, 2.75) is 57.8 Å². The molecule has 8 nitrogen and oxygen atoms in total. The number of hydrogen-bond acceptors (Lipinski definition) is 5. The molecule has 3 unspecified atom stereocenters. The van der Waals surface area contributed by atoms with E-state index in [9.17, 15) is 19.5 Å². The number of hydrogen-bond donors (Lipinski definition) is 3. The van der Waals surface area contributed by atoms with Gasteiger partial charge in [-0.15, -0.1) is 0 Å². The monoisotopic (exact) mass is 505 g/mol. The summed E-state index contributed by atoms with van der Waals surface area (Å²) in [6.07, 6.45) is 0.824. The number of benzene rings is 2. The Hall–Kier alpha value is -3.23. The number of rotatable bonds is 7. The second kappa shape index (κ2) is 9.26. The maximum absolute atomic E-state index is 14.0. The molecule has 3 fully saturated rings. The first kappa shape index (κ1) is 25.4. The zero-order valence-electron chi connectivity index (χ0n) is 21.8. The van der Waals surface area contributed by atoms with Gasteiger partial charge < -0.3 is 25.4 Å². The summed E-state index contributed by atoms with van der Waals surface area (Å²) in [5, 5.41) is 15.6. The molecule has 196 valence electrons. The molecule has 2 aromatic rings. The van der Waals surface area contributed by atoms with Gasteiger partial charge in [0.2, 0.25) is 17.7 Å². The molecule has 0 saturated carbocycles. The van der Waals surface area contributed by atoms with Crippen molar-refractivity contribution < 1.29 is 24.2 Å². The Bertz CT molecular complexity index is 1210. The average Bonchev–Trinajstić information content (AvgIpc) is 3.37. The molecule has 0 aliphatic carbocycles. The van der Waals surface area contributed by atoms with Crippen LogP contribution in [0.15, 0.2) is 48.5 Å². The van der Waals surface area contributed by atoms with Gasteiger partial charge in [-0.2, -0.15) is 0 Å². The molecule has 0 radical (unpaired) electrons. The van der Waals surface area contributed by atoms with Gasteiger partial charge in [0, 0.05) is 24.5 Å². The number of para-hydroxylation sites is 2. The van der Waals surface area contributed by atoms with Crippen LogP contribution in [0.5, 0.6) is 0 Å². The van der Waals surface area contributed by atoms with Crippen LogP contribution in [-0.2, 0) is 19.1 Å². The second-order valence-corrected chi connectivity index (χ2v) is 10.9. The number of likely N-dealkylation sites (tertiary alicyclic amines) is 1. The van der Waals surface area contributed by atoms with E-state index in [0.29, 0.717) is 24.2 Å². The number of fused-ring (bicyclic) bond motifs is 1. The molecular formula is C29H35N3O5. The Morgan fingerprint density at radius 3 is 2.38 bits per heavy atom. The summed E-state index contributed by atoms with van der Waals surface area (Å²) in [5.74, 6) is -2.45. The molecule has 5 rings (SSSR count). The van der Waals surface area contributed by atoms with Crippen LogP contribution in [0.3, 0.4) is 0 Å². The standard InChI is InChI=1S/C29H35N3O5/c1-17-10-8-11-18(2)23(17)31-26(35)24-29-16-19(3)28(4,37-29)21(22(29)27(36)32(24)14-9-15-33)25(34)30-20-12-6-5-7-13-20/h5-8,10-13,19,21-22,24,33H,9,14-16H2,1-4H3,(H,30,34)(H,31,35)/t19?,21-,22-,24?,28+,29?/m0/s1. The van der Waals surface area contributed by atoms with Crippen LogP contribution < -0.4 is 10.6 Å². The van der Waals surface area contributed by atoms with Crippen molar-refractivity contribution >= 4 is 29.1 Å². The Kier molecular flexibility index (Phi) is 6.36. The number of nitrogens with one attached hydrogen (secondary N) is 2. The summed E-state index contributed by atoms with van der Waals surface area (Å²) in [5.41, 5.74) is 1.19. The molecule has 3 amide bonds. The fourth-order valence-electron chi connectivity index (χ4n) is 6.87. The van der Waals surface area contributed by atoms with Gasteiger partial charge in [-0.25, -0.2) is 0 Å². The van der Waals surface area contributed by atoms with Gasteiger partial charge in [-0.3, -0.25) is 14.4 Å². The number of carbonyl (C=O) groups is 3. The van der Waals surface area contributed by atoms with Gasteiger partial charge >= 0.3 is 0 Å². The van der Waals surface area contributed by atoms with E-state index < -0.39 is 29.1 Å². The topological polar surface area (TPSA) is 108 Å². The summed E-state index contributed by atoms with van der Waals surface area (Å²) < 4.78 is 6.72. The summed E-state index contributed by atoms with van der Waals surface area (Å²) in [6, 6.07) is 14.0. The molecule has 3 N–H and O–H groups in total. The highest BCUT2D eigenvalue weighted by Gasteiger charge is 2.79. The molecule has 37 heavy (non-hydrogen) atoms. The first-order valence-electron chi connectivity index (χ1n) is 13.0. The predicted molar refractivity (Wildman–Crippen MR) is 140 cm³/mol. The van der Waals surface area contributed by atoms with E-state index in [0.717, 1.165) is 11.1 Å². The van der Waals surface area contributed by atoms with Crippen molar-refractivity contribution in [3.05, 3.63) is 59.7 Å². The van der Waals surface area contributed by atoms with E-state index in [1.54, 1.807) is 12.1 Å². The number of amides is 3. The molecular weight excluding hydrogens is 470 g/mol. The minimum atomic E-state index is -1.12. The number of nitrogens with zero attached hydrogens (tertiary/aromatic N) is 1. The minimum absolute atomic E-state index is 0.0450. The smallest absolute Gasteiger partial charge is 0.250 e. The molecule has 3 aliphatic heterocycles. The SMILES string of the molecule is Cc1cccc(C)c1NC(=O)C1N(CCCO)C(=O)[C@@H]2[C@@H](C(=O)Nc3ccccc3)[C@]3(C)OC12CC3C. The fraction of sp³-hybridized carbons (Fsp3) is 0.483. The summed E-state index contributed by atoms with van der Waals surface area (Å²) in [7, 11) is 0. The Morgan fingerprint density at radius 1 is 1.05 bits per heavy atom. The van der Waals surface area contributed by atoms with E-state index in [4.69, 9.17) is 4.74 Å². The largest absolute Gasteiger partial charge is 0.396 e. The lowest BCUT2D eigenvalue weighted by Gasteiger charge is -2.36. The number of carbonyl (C=O) groups excluding carboxylic acids is 3. The molecule has 6 atom stereocenters. The zero-order chi connectivity index (χ0) is 26.5. The lowest BCUT2D eigenvalue weighted by Crippen LogP contribution is -2.54. The van der Waals surface area contributed by atoms with Crippen LogP contribution >= 0.6 is 0 Å². The molecule has 3 heterocycles. The third-order valence-corrected chi connectivity index (χ3v) is 8.67. The lowest BCUT2D eigenvalue weighted by molar-refractivity contribution is -0.144. The zero-order valence-corrected chi connectivity index (χ0v) is 21.8. The number of ether oxygens (including phenoxy) is 1. The molecule has 2 bridgehead atoms. The van der Waals surface area contributed by atoms with E-state index in [-0.39, 0.29) is 36.8 Å². The number of aliphatic hydroxyl groups excluding tert-OH is 1. The van der Waals surface area contributed by atoms with Gasteiger partial charge in [-0.05, 0) is 62.8 Å². The van der Waals surface area contributed by atoms with Crippen LogP contribution in [0.2, 0.25) is 0 Å². The Labute approximate surface area is 217 Å². The Morgan fingerprint density at radius 2 is 1.73 bits per heavy atom. The van der Waals surface area contributed by atoms with E-state index in [1.165, 1.54) is 4.90 Å². The molecule has 0 aromatic heterocycles. The normalized spacial score (nSPS) is 31.9. The van der Waals surface area contributed by atoms with Crippen molar-refractivity contribution in [2.24, 2.45) is 17.8 Å². The Balaban J connectivity index is 1.54. The summed E-state index contributed by atoms with van der Waals surface area (Å²) in [6.45, 7) is 7.87. The third-order valence-electron chi connectivity index (χ3n) is 8.67. The van der Waals surface area contributed by atoms with E-state index in [1.807, 2.05) is 64.1 Å². The quantitative estimate of drug-likeness (QED) is 0.535. The molecule has 1 spiro atoms. The predicted octanol–water partition coefficient (Wildman–Crippen LogP) is 3.27. The second-order valence-electron chi connectivity index (χ2n) is 10.9. The maximum Gasteiger partial charge on any atom is 0.250 e. The summed E-state index contributed by atoms with van der Waals surface area (Å²) >= 11 is 0. The van der Waals surface area contributed by atoms with E-state index in [2.05, 4.69) is 10.6 Å². The van der Waals surface area contributed by atoms with Crippen LogP contribution in [0.25, 0.3) is 0 Å². The van der Waals surface area contributed by atoms with Crippen molar-refractivity contribution in [1.82, 2.24) is 4.90 Å². The molecule has 8 heteroatoms. The van der Waals surface area contributed by atoms with Crippen LogP contribution in [0, 0.1) is 31.6 Å². The first-order valence-corrected chi connectivity index (χ1v) is 13.0. The molecule has 3 aliphatic rings. The number of aliphatic hydroxyl groups is 1. The van der Waals surface area contributed by atoms with Gasteiger partial charge in [-0.1, -0.05) is 43.3 Å². The van der Waals surface area contributed by atoms with Crippen LogP contribution in [-0.4, -0.2) is 58.1 Å². The van der Waals surface area contributed by atoms with Gasteiger partial charge in [0.1, 0.15) is 11.6 Å². The van der Waals surface area contributed by atoms with Gasteiger partial charge in [0.25, 0.3) is 0 Å². The van der Waals surface area contributed by atoms with Crippen molar-refractivity contribution in [2.75, 3.05) is 23.8 Å². The highest BCUT2D eigenvalue weighted by atomic mass is 16.5. The molecule has 3 saturated heterocycles. The minimum Gasteiger partial charge on any atom is -0.396 e. The van der Waals surface area contributed by atoms with Gasteiger partial charge in [0.05, 0.1) is 17.4 Å². The third kappa shape index (κ3) is 3.85. The van der Waals surface area contributed by atoms with Crippen molar-refractivity contribution in [3.8, 4) is 0 Å². The van der Waals surface area contributed by atoms with Crippen LogP contribution in [0.4, 0.5) is 11.4 Å². The highest BCUT2D eigenvalue weighted by Crippen LogP contribution is 2.65. The highest BCUT2D eigenvalue weighted by molar-refractivity contribution is 6.05. The number of aryl methyl sites for hydroxylation is 2. The molecule has 2 aromatic carbocycles. The number of anilines is 2. The lowest BCUT2D eigenvalue weighted by atomic mass is 9.62. The summed E-state index contributed by atoms with van der Waals surface area (Å²) in [4.78, 5) is 43.2. The fourth-order valence-corrected chi connectivity index (χ4v) is 6.87. The maximum atomic E-state index is 14.0. The average molecular weight is 506 g/mol. The van der Waals surface area contributed by atoms with Crippen molar-refractivity contribution in [1.29, 1.82) is 0 Å². The van der Waals surface area contributed by atoms with Gasteiger partial charge in [0.15, 0.2) is 0 Å². The first-order chi connectivity index (χ1) is 17.6. The van der Waals surface area contributed by atoms with Crippen molar-refractivity contribution in [3.63, 3.8) is 0 Å².